The van der Waals surface area contributed by atoms with Gasteiger partial charge in [-0.15, -0.1) is 0 Å². The highest BCUT2D eigenvalue weighted by Crippen LogP contribution is 2.32. The van der Waals surface area contributed by atoms with E-state index in [1.54, 1.807) is 12.3 Å². The van der Waals surface area contributed by atoms with Crippen molar-refractivity contribution >= 4 is 59.0 Å². The van der Waals surface area contributed by atoms with E-state index < -0.39 is 11.6 Å². The molecule has 3 nitrogen and oxygen atoms in total. The van der Waals surface area contributed by atoms with Crippen LogP contribution >= 0.6 is 47.4 Å². The van der Waals surface area contributed by atoms with E-state index in [1.165, 1.54) is 12.8 Å². The molecule has 7 heteroatoms. The first-order valence-electron chi connectivity index (χ1n) is 7.06. The van der Waals surface area contributed by atoms with Crippen molar-refractivity contribution in [2.75, 3.05) is 12.3 Å². The molecule has 0 bridgehead atoms. The highest BCUT2D eigenvalue weighted by Gasteiger charge is 2.31. The van der Waals surface area contributed by atoms with E-state index in [-0.39, 0.29) is 20.7 Å². The van der Waals surface area contributed by atoms with Crippen molar-refractivity contribution in [3.8, 4) is 0 Å². The number of hydrogen-bond donors (Lipinski definition) is 1. The molecular weight excluding hydrogens is 365 g/mol. The lowest BCUT2D eigenvalue weighted by Gasteiger charge is -2.27. The third-order valence-corrected chi connectivity index (χ3v) is 5.25. The Hall–Kier alpha value is -0.420. The van der Waals surface area contributed by atoms with Crippen LogP contribution in [0, 0.1) is 0 Å². The number of rotatable bonds is 5. The number of carbonyl (C=O) groups is 2. The van der Waals surface area contributed by atoms with Gasteiger partial charge in [0.05, 0.1) is 0 Å². The molecule has 0 atom stereocenters. The van der Waals surface area contributed by atoms with Gasteiger partial charge in [-0.3, -0.25) is 9.59 Å². The Bertz CT molecular complexity index is 577. The number of hydrogen-bond acceptors (Lipinski definition) is 4. The molecule has 0 aromatic heterocycles. The lowest BCUT2D eigenvalue weighted by Crippen LogP contribution is -2.30. The molecule has 1 saturated carbocycles. The van der Waals surface area contributed by atoms with Crippen molar-refractivity contribution < 1.29 is 9.59 Å². The molecule has 0 aromatic carbocycles. The maximum atomic E-state index is 12.1. The van der Waals surface area contributed by atoms with E-state index in [0.717, 1.165) is 19.4 Å². The Labute approximate surface area is 150 Å². The van der Waals surface area contributed by atoms with E-state index in [4.69, 9.17) is 34.8 Å². The van der Waals surface area contributed by atoms with Gasteiger partial charge in [-0.05, 0) is 18.9 Å². The van der Waals surface area contributed by atoms with Crippen LogP contribution in [-0.4, -0.2) is 34.8 Å². The van der Waals surface area contributed by atoms with E-state index >= 15 is 0 Å². The standard InChI is InChI=1S/C15H16Cl3NO2S/c16-11-10(14(20)12(17)13(18)15(11)21)5-6-19(7-8-22)9-3-1-2-4-9/h5-6,9,22H,1-4,7-8H2/b6-5+. The van der Waals surface area contributed by atoms with Gasteiger partial charge in [0.15, 0.2) is 0 Å². The first-order chi connectivity index (χ1) is 10.5. The Morgan fingerprint density at radius 1 is 1.05 bits per heavy atom. The second-order valence-electron chi connectivity index (χ2n) is 5.23. The topological polar surface area (TPSA) is 37.4 Å². The molecule has 0 spiro atoms. The Kier molecular flexibility index (Phi) is 6.45. The molecule has 22 heavy (non-hydrogen) atoms. The van der Waals surface area contributed by atoms with Gasteiger partial charge in [0.2, 0.25) is 11.6 Å². The normalized spacial score (nSPS) is 20.7. The minimum atomic E-state index is -0.616. The number of allylic oxidation sites excluding steroid dienone is 5. The van der Waals surface area contributed by atoms with Crippen molar-refractivity contribution in [2.45, 2.75) is 31.7 Å². The fourth-order valence-electron chi connectivity index (χ4n) is 2.69. The second kappa shape index (κ2) is 7.91. The van der Waals surface area contributed by atoms with Crippen LogP contribution in [0.3, 0.4) is 0 Å². The molecule has 1 fully saturated rings. The summed E-state index contributed by atoms with van der Waals surface area (Å²) < 4.78 is 0. The second-order valence-corrected chi connectivity index (χ2v) is 6.81. The van der Waals surface area contributed by atoms with Gasteiger partial charge in [-0.25, -0.2) is 0 Å². The molecule has 0 aliphatic heterocycles. The zero-order valence-electron chi connectivity index (χ0n) is 11.8. The van der Waals surface area contributed by atoms with Gasteiger partial charge in [-0.1, -0.05) is 47.6 Å². The molecule has 2 aliphatic rings. The highest BCUT2D eigenvalue weighted by atomic mass is 35.5. The highest BCUT2D eigenvalue weighted by molar-refractivity contribution is 7.80. The smallest absolute Gasteiger partial charge is 0.218 e. The number of thiol groups is 1. The number of nitrogens with zero attached hydrogens (tertiary/aromatic N) is 1. The Balaban J connectivity index is 2.23. The third-order valence-electron chi connectivity index (χ3n) is 3.86. The van der Waals surface area contributed by atoms with Gasteiger partial charge in [0.1, 0.15) is 15.1 Å². The number of Topliss-reactive ketones (excluding diaryl/α,β-unsaturated/α-hetero) is 2. The SMILES string of the molecule is O=C1C(Cl)=C(Cl)C(=O)C(/C=C/N(CCS)C2CCCC2)=C1Cl. The maximum Gasteiger partial charge on any atom is 0.218 e. The summed E-state index contributed by atoms with van der Waals surface area (Å²) in [6, 6.07) is 0.437. The van der Waals surface area contributed by atoms with Crippen molar-refractivity contribution in [3.63, 3.8) is 0 Å². The van der Waals surface area contributed by atoms with Gasteiger partial charge in [0, 0.05) is 30.1 Å². The van der Waals surface area contributed by atoms with Crippen molar-refractivity contribution in [1.82, 2.24) is 4.90 Å². The average Bonchev–Trinajstić information content (AvgIpc) is 3.04. The van der Waals surface area contributed by atoms with E-state index in [1.807, 2.05) is 0 Å². The van der Waals surface area contributed by atoms with Crippen LogP contribution in [0.15, 0.2) is 32.9 Å². The van der Waals surface area contributed by atoms with E-state index in [9.17, 15) is 9.59 Å². The average molecular weight is 381 g/mol. The summed E-state index contributed by atoms with van der Waals surface area (Å²) in [6.07, 6.45) is 7.99. The van der Waals surface area contributed by atoms with Crippen molar-refractivity contribution in [2.24, 2.45) is 0 Å². The predicted molar refractivity (Wildman–Crippen MR) is 93.6 cm³/mol. The van der Waals surface area contributed by atoms with Gasteiger partial charge < -0.3 is 4.90 Å². The fraction of sp³-hybridized carbons (Fsp3) is 0.467. The van der Waals surface area contributed by atoms with Gasteiger partial charge in [0.25, 0.3) is 0 Å². The zero-order valence-corrected chi connectivity index (χ0v) is 15.0. The quantitative estimate of drug-likeness (QED) is 0.578. The number of ketones is 2. The van der Waals surface area contributed by atoms with E-state index in [0.29, 0.717) is 11.8 Å². The molecular formula is C15H16Cl3NO2S. The summed E-state index contributed by atoms with van der Waals surface area (Å²) in [7, 11) is 0. The molecule has 0 heterocycles. The van der Waals surface area contributed by atoms with Crippen LogP contribution in [0.5, 0.6) is 0 Å². The molecule has 0 amide bonds. The number of halogens is 3. The van der Waals surface area contributed by atoms with Gasteiger partial charge in [-0.2, -0.15) is 12.6 Å². The molecule has 120 valence electrons. The monoisotopic (exact) mass is 379 g/mol. The summed E-state index contributed by atoms with van der Waals surface area (Å²) in [4.78, 5) is 26.1. The molecule has 0 aromatic rings. The molecule has 2 aliphatic carbocycles. The molecule has 0 unspecified atom stereocenters. The zero-order chi connectivity index (χ0) is 16.3. The fourth-order valence-corrected chi connectivity index (χ4v) is 3.58. The molecule has 0 N–H and O–H groups in total. The van der Waals surface area contributed by atoms with Crippen LogP contribution in [-0.2, 0) is 9.59 Å². The van der Waals surface area contributed by atoms with E-state index in [2.05, 4.69) is 17.5 Å². The summed E-state index contributed by atoms with van der Waals surface area (Å²) in [5.41, 5.74) is 0.0863. The Morgan fingerprint density at radius 2 is 1.64 bits per heavy atom. The third kappa shape index (κ3) is 3.73. The molecule has 0 radical (unpaired) electrons. The van der Waals surface area contributed by atoms with Crippen molar-refractivity contribution in [1.29, 1.82) is 0 Å². The summed E-state index contributed by atoms with van der Waals surface area (Å²) in [5.74, 6) is -0.438. The van der Waals surface area contributed by atoms with Crippen LogP contribution in [0.2, 0.25) is 0 Å². The molecule has 0 saturated heterocycles. The lowest BCUT2D eigenvalue weighted by molar-refractivity contribution is -0.115. The number of carbonyl (C=O) groups excluding carboxylic acids is 2. The summed E-state index contributed by atoms with van der Waals surface area (Å²) in [6.45, 7) is 0.766. The minimum absolute atomic E-state index is 0.0863. The van der Waals surface area contributed by atoms with Crippen LogP contribution in [0.25, 0.3) is 0 Å². The lowest BCUT2D eigenvalue weighted by atomic mass is 10.0. The minimum Gasteiger partial charge on any atom is -0.374 e. The Morgan fingerprint density at radius 3 is 2.23 bits per heavy atom. The van der Waals surface area contributed by atoms with Crippen molar-refractivity contribution in [3.05, 3.63) is 32.9 Å². The first-order valence-corrected chi connectivity index (χ1v) is 8.83. The largest absolute Gasteiger partial charge is 0.374 e. The first kappa shape index (κ1) is 17.9. The van der Waals surface area contributed by atoms with Crippen LogP contribution < -0.4 is 0 Å². The predicted octanol–water partition coefficient (Wildman–Crippen LogP) is 4.01. The maximum absolute atomic E-state index is 12.1. The summed E-state index contributed by atoms with van der Waals surface area (Å²) >= 11 is 21.7. The molecule has 2 rings (SSSR count). The summed E-state index contributed by atoms with van der Waals surface area (Å²) in [5, 5.41) is -0.790. The van der Waals surface area contributed by atoms with Crippen LogP contribution in [0.4, 0.5) is 0 Å². The van der Waals surface area contributed by atoms with Gasteiger partial charge >= 0.3 is 0 Å². The van der Waals surface area contributed by atoms with Crippen LogP contribution in [0.1, 0.15) is 25.7 Å².